The molecule has 6 nitrogen and oxygen atoms in total. The number of rotatable bonds is 7. The molecule has 1 unspecified atom stereocenters. The van der Waals surface area contributed by atoms with Crippen LogP contribution in [0, 0.1) is 32.5 Å². The number of benzene rings is 1. The lowest BCUT2D eigenvalue weighted by Crippen LogP contribution is -2.30. The number of hydrogen-bond donors (Lipinski definition) is 1. The lowest BCUT2D eigenvalue weighted by atomic mass is 10.1. The smallest absolute Gasteiger partial charge is 0.256 e. The second kappa shape index (κ2) is 8.78. The van der Waals surface area contributed by atoms with Gasteiger partial charge in [-0.15, -0.1) is 0 Å². The van der Waals surface area contributed by atoms with E-state index in [0.717, 1.165) is 23.5 Å². The lowest BCUT2D eigenvalue weighted by Gasteiger charge is -2.14. The SMILES string of the molecule is Cc1cc(C)n(CC(C)CNC(=O)c2c(C)nn(Cc3ccc(F)cc3)c2Cl)n1. The molecule has 0 saturated carbocycles. The Balaban J connectivity index is 1.63. The second-order valence-electron chi connectivity index (χ2n) is 7.46. The van der Waals surface area contributed by atoms with Gasteiger partial charge in [-0.05, 0) is 50.5 Å². The largest absolute Gasteiger partial charge is 0.352 e. The van der Waals surface area contributed by atoms with Crippen LogP contribution in [0.2, 0.25) is 5.15 Å². The van der Waals surface area contributed by atoms with Crippen LogP contribution in [0.4, 0.5) is 4.39 Å². The third-order valence-electron chi connectivity index (χ3n) is 4.74. The monoisotopic (exact) mass is 417 g/mol. The van der Waals surface area contributed by atoms with Gasteiger partial charge in [0.15, 0.2) is 0 Å². The molecule has 1 atom stereocenters. The quantitative estimate of drug-likeness (QED) is 0.633. The fraction of sp³-hybridized carbons (Fsp3) is 0.381. The van der Waals surface area contributed by atoms with E-state index in [1.807, 2.05) is 24.6 Å². The molecular formula is C21H25ClFN5O. The minimum Gasteiger partial charge on any atom is -0.352 e. The Morgan fingerprint density at radius 1 is 1.17 bits per heavy atom. The Morgan fingerprint density at radius 3 is 2.48 bits per heavy atom. The molecule has 154 valence electrons. The molecule has 0 aliphatic carbocycles. The van der Waals surface area contributed by atoms with Gasteiger partial charge in [0.25, 0.3) is 5.91 Å². The van der Waals surface area contributed by atoms with Gasteiger partial charge in [0, 0.05) is 18.8 Å². The topological polar surface area (TPSA) is 64.7 Å². The van der Waals surface area contributed by atoms with Crippen molar-refractivity contribution in [3.8, 4) is 0 Å². The van der Waals surface area contributed by atoms with Gasteiger partial charge in [-0.1, -0.05) is 30.7 Å². The summed E-state index contributed by atoms with van der Waals surface area (Å²) in [5.74, 6) is -0.352. The molecular weight excluding hydrogens is 393 g/mol. The van der Waals surface area contributed by atoms with E-state index in [1.54, 1.807) is 23.7 Å². The van der Waals surface area contributed by atoms with E-state index in [9.17, 15) is 9.18 Å². The van der Waals surface area contributed by atoms with E-state index in [-0.39, 0.29) is 22.8 Å². The molecule has 0 saturated heterocycles. The molecule has 3 aromatic rings. The first kappa shape index (κ1) is 21.0. The van der Waals surface area contributed by atoms with Crippen LogP contribution in [-0.4, -0.2) is 32.0 Å². The van der Waals surface area contributed by atoms with Crippen molar-refractivity contribution in [3.63, 3.8) is 0 Å². The van der Waals surface area contributed by atoms with Crippen molar-refractivity contribution < 1.29 is 9.18 Å². The molecule has 2 aromatic heterocycles. The molecule has 0 bridgehead atoms. The highest BCUT2D eigenvalue weighted by atomic mass is 35.5. The highest BCUT2D eigenvalue weighted by Crippen LogP contribution is 2.21. The average Bonchev–Trinajstić information content (AvgIpc) is 3.12. The van der Waals surface area contributed by atoms with Crippen molar-refractivity contribution in [2.45, 2.75) is 40.8 Å². The van der Waals surface area contributed by atoms with E-state index in [1.165, 1.54) is 12.1 Å². The number of carbonyl (C=O) groups excluding carboxylic acids is 1. The van der Waals surface area contributed by atoms with E-state index in [2.05, 4.69) is 22.4 Å². The van der Waals surface area contributed by atoms with Gasteiger partial charge in [-0.3, -0.25) is 9.48 Å². The highest BCUT2D eigenvalue weighted by Gasteiger charge is 2.21. The number of halogens is 2. The zero-order valence-corrected chi connectivity index (χ0v) is 17.8. The summed E-state index contributed by atoms with van der Waals surface area (Å²) < 4.78 is 16.6. The highest BCUT2D eigenvalue weighted by molar-refractivity contribution is 6.33. The summed E-state index contributed by atoms with van der Waals surface area (Å²) in [5, 5.41) is 12.1. The van der Waals surface area contributed by atoms with Crippen molar-refractivity contribution in [1.82, 2.24) is 24.9 Å². The summed E-state index contributed by atoms with van der Waals surface area (Å²) in [6.45, 7) is 9.37. The summed E-state index contributed by atoms with van der Waals surface area (Å²) in [6.07, 6.45) is 0. The van der Waals surface area contributed by atoms with Crippen LogP contribution in [-0.2, 0) is 13.1 Å². The molecule has 0 fully saturated rings. The zero-order valence-electron chi connectivity index (χ0n) is 17.0. The molecule has 29 heavy (non-hydrogen) atoms. The molecule has 3 rings (SSSR count). The maximum atomic E-state index is 13.1. The number of hydrogen-bond acceptors (Lipinski definition) is 3. The van der Waals surface area contributed by atoms with Crippen LogP contribution in [0.5, 0.6) is 0 Å². The lowest BCUT2D eigenvalue weighted by molar-refractivity contribution is 0.0946. The third kappa shape index (κ3) is 5.03. The van der Waals surface area contributed by atoms with Crippen LogP contribution in [0.25, 0.3) is 0 Å². The van der Waals surface area contributed by atoms with Crippen molar-refractivity contribution in [2.75, 3.05) is 6.54 Å². The maximum absolute atomic E-state index is 13.1. The number of carbonyl (C=O) groups is 1. The van der Waals surface area contributed by atoms with Gasteiger partial charge in [0.2, 0.25) is 0 Å². The fourth-order valence-corrected chi connectivity index (χ4v) is 3.57. The number of amides is 1. The summed E-state index contributed by atoms with van der Waals surface area (Å²) in [6, 6.07) is 8.14. The standard InChI is InChI=1S/C21H25ClFN5O/c1-13(11-27-15(3)9-14(2)25-27)10-24-21(29)19-16(4)26-28(20(19)22)12-17-5-7-18(23)8-6-17/h5-9,13H,10-12H2,1-4H3,(H,24,29). The number of nitrogens with one attached hydrogen (secondary N) is 1. The summed E-state index contributed by atoms with van der Waals surface area (Å²) >= 11 is 6.43. The summed E-state index contributed by atoms with van der Waals surface area (Å²) in [4.78, 5) is 12.7. The van der Waals surface area contributed by atoms with Crippen molar-refractivity contribution in [1.29, 1.82) is 0 Å². The predicted molar refractivity (Wildman–Crippen MR) is 111 cm³/mol. The first-order valence-electron chi connectivity index (χ1n) is 9.51. The Hall–Kier alpha value is -2.67. The van der Waals surface area contributed by atoms with Gasteiger partial charge in [-0.25, -0.2) is 9.07 Å². The molecule has 0 aliphatic rings. The van der Waals surface area contributed by atoms with Crippen LogP contribution >= 0.6 is 11.6 Å². The van der Waals surface area contributed by atoms with E-state index in [0.29, 0.717) is 24.3 Å². The second-order valence-corrected chi connectivity index (χ2v) is 7.82. The zero-order chi connectivity index (χ0) is 21.1. The average molecular weight is 418 g/mol. The summed E-state index contributed by atoms with van der Waals surface area (Å²) in [5.41, 5.74) is 3.85. The van der Waals surface area contributed by atoms with Crippen LogP contribution in [0.15, 0.2) is 30.3 Å². The van der Waals surface area contributed by atoms with Crippen molar-refractivity contribution in [3.05, 3.63) is 69.5 Å². The molecule has 1 amide bonds. The number of aryl methyl sites for hydroxylation is 3. The number of aromatic nitrogens is 4. The fourth-order valence-electron chi connectivity index (χ4n) is 3.25. The molecule has 2 heterocycles. The third-order valence-corrected chi connectivity index (χ3v) is 5.12. The van der Waals surface area contributed by atoms with Crippen LogP contribution < -0.4 is 5.32 Å². The Morgan fingerprint density at radius 2 is 1.86 bits per heavy atom. The van der Waals surface area contributed by atoms with Crippen molar-refractivity contribution in [2.24, 2.45) is 5.92 Å². The normalized spacial score (nSPS) is 12.2. The summed E-state index contributed by atoms with van der Waals surface area (Å²) in [7, 11) is 0. The molecule has 8 heteroatoms. The first-order valence-corrected chi connectivity index (χ1v) is 9.89. The predicted octanol–water partition coefficient (Wildman–Crippen LogP) is 3.91. The molecule has 1 aromatic carbocycles. The van der Waals surface area contributed by atoms with Gasteiger partial charge >= 0.3 is 0 Å². The first-order chi connectivity index (χ1) is 13.7. The van der Waals surface area contributed by atoms with E-state index < -0.39 is 0 Å². The Bertz CT molecular complexity index is 1010. The van der Waals surface area contributed by atoms with E-state index in [4.69, 9.17) is 11.6 Å². The molecule has 0 spiro atoms. The Labute approximate surface area is 174 Å². The molecule has 0 aliphatic heterocycles. The Kier molecular flexibility index (Phi) is 6.37. The molecule has 0 radical (unpaired) electrons. The van der Waals surface area contributed by atoms with Crippen molar-refractivity contribution >= 4 is 17.5 Å². The van der Waals surface area contributed by atoms with Crippen LogP contribution in [0.3, 0.4) is 0 Å². The van der Waals surface area contributed by atoms with Gasteiger partial charge in [0.05, 0.1) is 23.5 Å². The van der Waals surface area contributed by atoms with Gasteiger partial charge < -0.3 is 5.32 Å². The maximum Gasteiger partial charge on any atom is 0.256 e. The van der Waals surface area contributed by atoms with E-state index >= 15 is 0 Å². The van der Waals surface area contributed by atoms with Gasteiger partial charge in [0.1, 0.15) is 11.0 Å². The molecule has 1 N–H and O–H groups in total. The van der Waals surface area contributed by atoms with Crippen LogP contribution in [0.1, 0.15) is 39.9 Å². The minimum absolute atomic E-state index is 0.199. The number of nitrogens with zero attached hydrogens (tertiary/aromatic N) is 4. The minimum atomic E-state index is -0.300. The van der Waals surface area contributed by atoms with Gasteiger partial charge in [-0.2, -0.15) is 10.2 Å².